The van der Waals surface area contributed by atoms with Crippen molar-refractivity contribution in [1.29, 1.82) is 0 Å². The first-order valence-corrected chi connectivity index (χ1v) is 5.83. The molecule has 1 aliphatic heterocycles. The molecule has 0 aliphatic carbocycles. The molecular formula is C13H11N3O3. The van der Waals surface area contributed by atoms with E-state index in [0.29, 0.717) is 6.54 Å². The van der Waals surface area contributed by atoms with Gasteiger partial charge in [-0.25, -0.2) is 9.36 Å². The standard InChI is InChI=1S/C13H11N3O3/c1-2-16-12(17)11(19-13(16)18)5-8-6-15-10-3-4-14-7-9(8)10/h3-7,17H,2H2,1H3/b8-5+. The van der Waals surface area contributed by atoms with Gasteiger partial charge in [-0.3, -0.25) is 9.98 Å². The predicted molar refractivity (Wildman–Crippen MR) is 70.6 cm³/mol. The molecule has 0 amide bonds. The van der Waals surface area contributed by atoms with Crippen molar-refractivity contribution in [3.8, 4) is 5.88 Å². The number of aliphatic imine (C=N–C) groups is 1. The van der Waals surface area contributed by atoms with E-state index >= 15 is 0 Å². The number of aromatic hydroxyl groups is 1. The molecule has 6 nitrogen and oxygen atoms in total. The second-order valence-corrected chi connectivity index (χ2v) is 4.05. The van der Waals surface area contributed by atoms with E-state index in [0.717, 1.165) is 21.4 Å². The Kier molecular flexibility index (Phi) is 2.56. The fourth-order valence-corrected chi connectivity index (χ4v) is 1.97. The molecule has 0 saturated carbocycles. The van der Waals surface area contributed by atoms with Crippen molar-refractivity contribution in [1.82, 2.24) is 9.55 Å². The predicted octanol–water partition coefficient (Wildman–Crippen LogP) is 1.82. The molecule has 19 heavy (non-hydrogen) atoms. The molecular weight excluding hydrogens is 246 g/mol. The third-order valence-electron chi connectivity index (χ3n) is 2.95. The van der Waals surface area contributed by atoms with Crippen LogP contribution in [0.2, 0.25) is 0 Å². The van der Waals surface area contributed by atoms with Gasteiger partial charge in [0.25, 0.3) is 0 Å². The zero-order valence-electron chi connectivity index (χ0n) is 10.2. The Bertz CT molecular complexity index is 753. The van der Waals surface area contributed by atoms with Gasteiger partial charge in [0.05, 0.1) is 5.69 Å². The maximum Gasteiger partial charge on any atom is 0.422 e. The zero-order chi connectivity index (χ0) is 13.4. The summed E-state index contributed by atoms with van der Waals surface area (Å²) in [6, 6.07) is 1.79. The minimum absolute atomic E-state index is 0.130. The van der Waals surface area contributed by atoms with Gasteiger partial charge >= 0.3 is 5.76 Å². The number of oxazole rings is 1. The number of hydrogen-bond donors (Lipinski definition) is 1. The summed E-state index contributed by atoms with van der Waals surface area (Å²) >= 11 is 0. The molecule has 0 spiro atoms. The van der Waals surface area contributed by atoms with E-state index in [9.17, 15) is 9.90 Å². The van der Waals surface area contributed by atoms with Crippen molar-refractivity contribution >= 4 is 23.6 Å². The van der Waals surface area contributed by atoms with Gasteiger partial charge in [0.15, 0.2) is 5.76 Å². The van der Waals surface area contributed by atoms with Crippen LogP contribution in [0.5, 0.6) is 5.88 Å². The van der Waals surface area contributed by atoms with E-state index in [1.165, 1.54) is 0 Å². The molecule has 0 aromatic carbocycles. The maximum atomic E-state index is 11.5. The maximum absolute atomic E-state index is 11.5. The minimum atomic E-state index is -0.576. The van der Waals surface area contributed by atoms with Crippen LogP contribution in [0.15, 0.2) is 32.7 Å². The van der Waals surface area contributed by atoms with Crippen LogP contribution < -0.4 is 5.76 Å². The molecule has 6 heteroatoms. The monoisotopic (exact) mass is 257 g/mol. The molecule has 2 aromatic rings. The number of hydrogen-bond acceptors (Lipinski definition) is 5. The van der Waals surface area contributed by atoms with Gasteiger partial charge in [-0.05, 0) is 19.1 Å². The van der Waals surface area contributed by atoms with Crippen molar-refractivity contribution in [3.63, 3.8) is 0 Å². The van der Waals surface area contributed by atoms with E-state index in [1.54, 1.807) is 37.7 Å². The van der Waals surface area contributed by atoms with Gasteiger partial charge in [-0.15, -0.1) is 0 Å². The first kappa shape index (κ1) is 11.5. The summed E-state index contributed by atoms with van der Waals surface area (Å²) in [6.45, 7) is 2.10. The van der Waals surface area contributed by atoms with Crippen molar-refractivity contribution in [2.45, 2.75) is 13.5 Å². The van der Waals surface area contributed by atoms with Gasteiger partial charge in [0.2, 0.25) is 5.88 Å². The molecule has 0 radical (unpaired) electrons. The Labute approximate surface area is 108 Å². The second-order valence-electron chi connectivity index (χ2n) is 4.05. The highest BCUT2D eigenvalue weighted by Gasteiger charge is 2.17. The van der Waals surface area contributed by atoms with Crippen LogP contribution in [0.25, 0.3) is 11.6 Å². The summed E-state index contributed by atoms with van der Waals surface area (Å²) in [7, 11) is 0. The highest BCUT2D eigenvalue weighted by molar-refractivity contribution is 6.21. The van der Waals surface area contributed by atoms with Crippen LogP contribution in [0.4, 0.5) is 5.69 Å². The van der Waals surface area contributed by atoms with Crippen LogP contribution in [0, 0.1) is 0 Å². The lowest BCUT2D eigenvalue weighted by molar-refractivity contribution is 0.417. The highest BCUT2D eigenvalue weighted by atomic mass is 16.4. The average Bonchev–Trinajstić information content (AvgIpc) is 2.93. The number of aromatic nitrogens is 2. The van der Waals surface area contributed by atoms with Crippen LogP contribution in [-0.4, -0.2) is 20.9 Å². The summed E-state index contributed by atoms with van der Waals surface area (Å²) in [5.74, 6) is -0.621. The first-order valence-electron chi connectivity index (χ1n) is 5.83. The highest BCUT2D eigenvalue weighted by Crippen LogP contribution is 2.32. The SMILES string of the molecule is CCn1c(O)c(/C=C2\C=Nc3ccncc32)oc1=O. The third-order valence-corrected chi connectivity index (χ3v) is 2.95. The number of nitrogens with zero attached hydrogens (tertiary/aromatic N) is 3. The molecule has 1 N–H and O–H groups in total. The van der Waals surface area contributed by atoms with Crippen molar-refractivity contribution < 1.29 is 9.52 Å². The largest absolute Gasteiger partial charge is 0.492 e. The number of pyridine rings is 1. The molecule has 3 heterocycles. The Hall–Kier alpha value is -2.63. The number of allylic oxidation sites excluding steroid dienone is 1. The summed E-state index contributed by atoms with van der Waals surface area (Å²) in [5.41, 5.74) is 2.39. The Morgan fingerprint density at radius 1 is 1.53 bits per heavy atom. The molecule has 0 bridgehead atoms. The Morgan fingerprint density at radius 2 is 2.37 bits per heavy atom. The topological polar surface area (TPSA) is 80.6 Å². The summed E-state index contributed by atoms with van der Waals surface area (Å²) in [6.07, 6.45) is 6.57. The van der Waals surface area contributed by atoms with Gasteiger partial charge in [-0.2, -0.15) is 0 Å². The average molecular weight is 257 g/mol. The molecule has 0 saturated heterocycles. The zero-order valence-corrected chi connectivity index (χ0v) is 10.2. The first-order chi connectivity index (χ1) is 9.20. The molecule has 96 valence electrons. The van der Waals surface area contributed by atoms with E-state index in [-0.39, 0.29) is 11.6 Å². The van der Waals surface area contributed by atoms with Crippen molar-refractivity contribution in [2.75, 3.05) is 0 Å². The Balaban J connectivity index is 2.10. The molecule has 0 unspecified atom stereocenters. The smallest absolute Gasteiger partial charge is 0.422 e. The van der Waals surface area contributed by atoms with Gasteiger partial charge in [-0.1, -0.05) is 0 Å². The second kappa shape index (κ2) is 4.24. The van der Waals surface area contributed by atoms with Crippen LogP contribution >= 0.6 is 0 Å². The molecule has 1 aliphatic rings. The molecule has 2 aromatic heterocycles. The Morgan fingerprint density at radius 3 is 3.11 bits per heavy atom. The van der Waals surface area contributed by atoms with E-state index in [4.69, 9.17) is 4.42 Å². The fourth-order valence-electron chi connectivity index (χ4n) is 1.97. The fraction of sp³-hybridized carbons (Fsp3) is 0.154. The lowest BCUT2D eigenvalue weighted by Crippen LogP contribution is -2.11. The minimum Gasteiger partial charge on any atom is -0.492 e. The molecule has 3 rings (SSSR count). The van der Waals surface area contributed by atoms with Gasteiger partial charge in [0.1, 0.15) is 0 Å². The van der Waals surface area contributed by atoms with E-state index in [2.05, 4.69) is 9.98 Å². The van der Waals surface area contributed by atoms with Crippen LogP contribution in [-0.2, 0) is 6.54 Å². The summed E-state index contributed by atoms with van der Waals surface area (Å²) in [5, 5.41) is 9.88. The third kappa shape index (κ3) is 1.77. The van der Waals surface area contributed by atoms with Crippen molar-refractivity contribution in [3.05, 3.63) is 40.3 Å². The normalized spacial score (nSPS) is 15.1. The van der Waals surface area contributed by atoms with E-state index < -0.39 is 5.76 Å². The van der Waals surface area contributed by atoms with Gasteiger partial charge in [0, 0.05) is 36.3 Å². The van der Waals surface area contributed by atoms with Crippen molar-refractivity contribution in [2.24, 2.45) is 4.99 Å². The van der Waals surface area contributed by atoms with Crippen LogP contribution in [0.1, 0.15) is 18.2 Å². The lowest BCUT2D eigenvalue weighted by atomic mass is 10.1. The van der Waals surface area contributed by atoms with Gasteiger partial charge < -0.3 is 9.52 Å². The summed E-state index contributed by atoms with van der Waals surface area (Å²) in [4.78, 5) is 19.7. The summed E-state index contributed by atoms with van der Waals surface area (Å²) < 4.78 is 6.17. The molecule has 0 atom stereocenters. The number of rotatable bonds is 2. The quantitative estimate of drug-likeness (QED) is 0.889. The number of fused-ring (bicyclic) bond motifs is 1. The lowest BCUT2D eigenvalue weighted by Gasteiger charge is -1.97. The van der Waals surface area contributed by atoms with Crippen LogP contribution in [0.3, 0.4) is 0 Å². The molecule has 0 fully saturated rings. The van der Waals surface area contributed by atoms with E-state index in [1.807, 2.05) is 0 Å².